The summed E-state index contributed by atoms with van der Waals surface area (Å²) >= 11 is 0. The molecule has 0 saturated carbocycles. The van der Waals surface area contributed by atoms with Crippen LogP contribution >= 0.6 is 0 Å². The second-order valence-electron chi connectivity index (χ2n) is 5.61. The van der Waals surface area contributed by atoms with Crippen LogP contribution < -0.4 is 0 Å². The average Bonchev–Trinajstić information content (AvgIpc) is 3.08. The molecular formula is C21H21N. The highest BCUT2D eigenvalue weighted by molar-refractivity contribution is 5.60. The molecule has 22 heavy (non-hydrogen) atoms. The lowest BCUT2D eigenvalue weighted by Crippen LogP contribution is -2.18. The van der Waals surface area contributed by atoms with Crippen LogP contribution in [0.5, 0.6) is 0 Å². The topological polar surface area (TPSA) is 3.24 Å². The highest BCUT2D eigenvalue weighted by atomic mass is 15.1. The molecule has 1 heterocycles. The Bertz CT molecular complexity index is 683. The van der Waals surface area contributed by atoms with Crippen LogP contribution in [0.2, 0.25) is 0 Å². The van der Waals surface area contributed by atoms with Crippen LogP contribution in [-0.2, 0) is 0 Å². The zero-order valence-electron chi connectivity index (χ0n) is 12.8. The lowest BCUT2D eigenvalue weighted by atomic mass is 10.1. The Kier molecular flexibility index (Phi) is 5.08. The third kappa shape index (κ3) is 4.10. The molecule has 1 aliphatic heterocycles. The van der Waals surface area contributed by atoms with Gasteiger partial charge in [-0.3, -0.25) is 4.90 Å². The fraction of sp³-hybridized carbons (Fsp3) is 0.238. The Labute approximate surface area is 133 Å². The smallest absolute Gasteiger partial charge is 0.0321 e. The molecule has 2 aromatic rings. The molecule has 1 saturated heterocycles. The molecule has 0 radical (unpaired) electrons. The van der Waals surface area contributed by atoms with E-state index in [-0.39, 0.29) is 0 Å². The lowest BCUT2D eigenvalue weighted by Gasteiger charge is -2.10. The molecule has 0 N–H and O–H groups in total. The van der Waals surface area contributed by atoms with Gasteiger partial charge in [0.15, 0.2) is 0 Å². The van der Waals surface area contributed by atoms with Crippen LogP contribution in [0.1, 0.15) is 29.5 Å². The van der Waals surface area contributed by atoms with Crippen molar-refractivity contribution in [3.63, 3.8) is 0 Å². The minimum Gasteiger partial charge on any atom is -0.300 e. The maximum Gasteiger partial charge on any atom is 0.0321 e. The number of hydrogen-bond donors (Lipinski definition) is 0. The predicted molar refractivity (Wildman–Crippen MR) is 93.6 cm³/mol. The van der Waals surface area contributed by atoms with Gasteiger partial charge >= 0.3 is 0 Å². The zero-order chi connectivity index (χ0) is 15.0. The van der Waals surface area contributed by atoms with E-state index in [4.69, 9.17) is 0 Å². The van der Waals surface area contributed by atoms with Crippen molar-refractivity contribution in [1.29, 1.82) is 0 Å². The van der Waals surface area contributed by atoms with Crippen molar-refractivity contribution in [2.24, 2.45) is 0 Å². The van der Waals surface area contributed by atoms with Crippen LogP contribution in [0, 0.1) is 11.8 Å². The van der Waals surface area contributed by atoms with E-state index in [1.165, 1.54) is 31.5 Å². The Morgan fingerprint density at radius 2 is 1.59 bits per heavy atom. The summed E-state index contributed by atoms with van der Waals surface area (Å²) in [6.07, 6.45) is 7.14. The predicted octanol–water partition coefficient (Wildman–Crippen LogP) is 4.20. The monoisotopic (exact) mass is 287 g/mol. The summed E-state index contributed by atoms with van der Waals surface area (Å²) in [5.74, 6) is 6.53. The van der Waals surface area contributed by atoms with E-state index >= 15 is 0 Å². The van der Waals surface area contributed by atoms with Crippen LogP contribution in [0.4, 0.5) is 0 Å². The summed E-state index contributed by atoms with van der Waals surface area (Å²) in [5, 5.41) is 0. The molecule has 0 aromatic heterocycles. The van der Waals surface area contributed by atoms with E-state index in [1.54, 1.807) is 0 Å². The molecule has 0 amide bonds. The van der Waals surface area contributed by atoms with Crippen molar-refractivity contribution in [2.45, 2.75) is 12.8 Å². The Balaban J connectivity index is 1.72. The van der Waals surface area contributed by atoms with Gasteiger partial charge in [0.2, 0.25) is 0 Å². The van der Waals surface area contributed by atoms with Crippen LogP contribution in [-0.4, -0.2) is 24.5 Å². The maximum absolute atomic E-state index is 3.29. The standard InChI is InChI=1S/C21H21N/c1-2-9-19(10-3-1)14-15-21-12-5-4-11-20(21)13-8-18-22-16-6-7-17-22/h1-5,8-13H,6-7,16-18H2. The molecular weight excluding hydrogens is 266 g/mol. The number of likely N-dealkylation sites (tertiary alicyclic amines) is 1. The number of rotatable bonds is 3. The van der Waals surface area contributed by atoms with Gasteiger partial charge in [-0.1, -0.05) is 60.4 Å². The van der Waals surface area contributed by atoms with Gasteiger partial charge in [-0.15, -0.1) is 0 Å². The molecule has 0 spiro atoms. The number of hydrogen-bond acceptors (Lipinski definition) is 1. The summed E-state index contributed by atoms with van der Waals surface area (Å²) in [5.41, 5.74) is 3.34. The second-order valence-corrected chi connectivity index (χ2v) is 5.61. The number of benzene rings is 2. The summed E-state index contributed by atoms with van der Waals surface area (Å²) in [7, 11) is 0. The lowest BCUT2D eigenvalue weighted by molar-refractivity contribution is 0.378. The first kappa shape index (κ1) is 14.6. The molecule has 0 aliphatic carbocycles. The van der Waals surface area contributed by atoms with Gasteiger partial charge in [0.1, 0.15) is 0 Å². The third-order valence-corrected chi connectivity index (χ3v) is 3.94. The summed E-state index contributed by atoms with van der Waals surface area (Å²) in [6, 6.07) is 18.5. The van der Waals surface area contributed by atoms with E-state index < -0.39 is 0 Å². The van der Waals surface area contributed by atoms with Crippen molar-refractivity contribution in [1.82, 2.24) is 4.90 Å². The number of nitrogens with zero attached hydrogens (tertiary/aromatic N) is 1. The van der Waals surface area contributed by atoms with Crippen molar-refractivity contribution < 1.29 is 0 Å². The van der Waals surface area contributed by atoms with Gasteiger partial charge in [-0.25, -0.2) is 0 Å². The van der Waals surface area contributed by atoms with Gasteiger partial charge in [0.05, 0.1) is 0 Å². The maximum atomic E-state index is 3.29. The van der Waals surface area contributed by atoms with E-state index in [0.717, 1.165) is 17.7 Å². The molecule has 1 nitrogen and oxygen atoms in total. The van der Waals surface area contributed by atoms with Crippen LogP contribution in [0.3, 0.4) is 0 Å². The highest BCUT2D eigenvalue weighted by Crippen LogP contribution is 2.11. The summed E-state index contributed by atoms with van der Waals surface area (Å²) in [6.45, 7) is 3.51. The molecule has 1 fully saturated rings. The quantitative estimate of drug-likeness (QED) is 0.765. The van der Waals surface area contributed by atoms with E-state index in [0.29, 0.717) is 0 Å². The van der Waals surface area contributed by atoms with Gasteiger partial charge in [-0.05, 0) is 49.7 Å². The van der Waals surface area contributed by atoms with Crippen LogP contribution in [0.15, 0.2) is 60.7 Å². The minimum absolute atomic E-state index is 1.04. The molecule has 2 aromatic carbocycles. The Hall–Kier alpha value is -2.30. The minimum atomic E-state index is 1.04. The Morgan fingerprint density at radius 3 is 2.41 bits per heavy atom. The molecule has 0 unspecified atom stereocenters. The Morgan fingerprint density at radius 1 is 0.864 bits per heavy atom. The molecule has 3 rings (SSSR count). The SMILES string of the molecule is C(#Cc1ccccc1C=CCN1CCCC1)c1ccccc1. The van der Waals surface area contributed by atoms with Crippen molar-refractivity contribution in [2.75, 3.05) is 19.6 Å². The first-order valence-electron chi connectivity index (χ1n) is 7.97. The average molecular weight is 287 g/mol. The van der Waals surface area contributed by atoms with Crippen molar-refractivity contribution >= 4 is 6.08 Å². The highest BCUT2D eigenvalue weighted by Gasteiger charge is 2.08. The van der Waals surface area contributed by atoms with Crippen molar-refractivity contribution in [3.8, 4) is 11.8 Å². The van der Waals surface area contributed by atoms with Gasteiger partial charge < -0.3 is 0 Å². The summed E-state index contributed by atoms with van der Waals surface area (Å²) in [4.78, 5) is 2.49. The van der Waals surface area contributed by atoms with E-state index in [9.17, 15) is 0 Å². The molecule has 1 heteroatoms. The molecule has 110 valence electrons. The first-order chi connectivity index (χ1) is 10.9. The molecule has 0 bridgehead atoms. The van der Waals surface area contributed by atoms with E-state index in [2.05, 4.69) is 47.1 Å². The third-order valence-electron chi connectivity index (χ3n) is 3.94. The van der Waals surface area contributed by atoms with Gasteiger partial charge in [0.25, 0.3) is 0 Å². The summed E-state index contributed by atoms with van der Waals surface area (Å²) < 4.78 is 0. The fourth-order valence-electron chi connectivity index (χ4n) is 2.71. The van der Waals surface area contributed by atoms with Crippen LogP contribution in [0.25, 0.3) is 6.08 Å². The second kappa shape index (κ2) is 7.64. The first-order valence-corrected chi connectivity index (χ1v) is 7.97. The molecule has 1 aliphatic rings. The van der Waals surface area contributed by atoms with Gasteiger partial charge in [0, 0.05) is 17.7 Å². The largest absolute Gasteiger partial charge is 0.300 e. The van der Waals surface area contributed by atoms with Gasteiger partial charge in [-0.2, -0.15) is 0 Å². The normalized spacial score (nSPS) is 14.9. The molecule has 0 atom stereocenters. The van der Waals surface area contributed by atoms with E-state index in [1.807, 2.05) is 36.4 Å². The fourth-order valence-corrected chi connectivity index (χ4v) is 2.71. The zero-order valence-corrected chi connectivity index (χ0v) is 12.8. The van der Waals surface area contributed by atoms with Crippen molar-refractivity contribution in [3.05, 3.63) is 77.4 Å².